The first-order valence-corrected chi connectivity index (χ1v) is 11.6. The molecule has 2 heterocycles. The lowest BCUT2D eigenvalue weighted by Crippen LogP contribution is -2.35. The van der Waals surface area contributed by atoms with Crippen LogP contribution in [0.1, 0.15) is 30.9 Å². The van der Waals surface area contributed by atoms with Crippen molar-refractivity contribution >= 4 is 55.7 Å². The Balaban J connectivity index is 1.54. The van der Waals surface area contributed by atoms with Gasteiger partial charge in [0, 0.05) is 4.47 Å². The van der Waals surface area contributed by atoms with Crippen LogP contribution in [0.4, 0.5) is 0 Å². The fourth-order valence-electron chi connectivity index (χ4n) is 3.15. The van der Waals surface area contributed by atoms with E-state index in [1.165, 1.54) is 16.8 Å². The number of carbonyl (C=O) groups excluding carboxylic acids is 1. The van der Waals surface area contributed by atoms with Gasteiger partial charge in [-0.15, -0.1) is 0 Å². The third-order valence-corrected chi connectivity index (χ3v) is 6.26. The third-order valence-electron chi connectivity index (χ3n) is 4.77. The summed E-state index contributed by atoms with van der Waals surface area (Å²) in [7, 11) is 1.56. The maximum Gasteiger partial charge on any atom is 0.283 e. The van der Waals surface area contributed by atoms with Gasteiger partial charge < -0.3 is 9.47 Å². The van der Waals surface area contributed by atoms with Gasteiger partial charge in [-0.25, -0.2) is 0 Å². The molecular weight excluding hydrogens is 492 g/mol. The van der Waals surface area contributed by atoms with E-state index in [-0.39, 0.29) is 11.4 Å². The van der Waals surface area contributed by atoms with Crippen molar-refractivity contribution in [2.24, 2.45) is 10.1 Å². The molecule has 1 N–H and O–H groups in total. The maximum absolute atomic E-state index is 12.6. The van der Waals surface area contributed by atoms with Crippen LogP contribution in [0.5, 0.6) is 11.5 Å². The molecule has 0 bridgehead atoms. The number of hydrazone groups is 1. The van der Waals surface area contributed by atoms with Gasteiger partial charge in [-0.2, -0.15) is 15.1 Å². The molecule has 0 fully saturated rings. The SMILES string of the molecule is CCCC1=NN2C(=N)C(=Cc3ccc(OCc4ccc(Br)cc4)c(OC)c3)C(=O)N=C2S1. The smallest absolute Gasteiger partial charge is 0.283 e. The van der Waals surface area contributed by atoms with Gasteiger partial charge in [0.25, 0.3) is 5.91 Å². The Hall–Kier alpha value is -2.91. The van der Waals surface area contributed by atoms with Gasteiger partial charge in [-0.1, -0.05) is 41.1 Å². The fraction of sp³-hybridized carbons (Fsp3) is 0.217. The summed E-state index contributed by atoms with van der Waals surface area (Å²) in [6.45, 7) is 2.46. The van der Waals surface area contributed by atoms with Crippen LogP contribution in [0.2, 0.25) is 0 Å². The molecule has 9 heteroatoms. The second kappa shape index (κ2) is 9.70. The average molecular weight is 513 g/mol. The van der Waals surface area contributed by atoms with Crippen molar-refractivity contribution in [1.29, 1.82) is 5.41 Å². The molecule has 0 saturated heterocycles. The molecule has 0 aromatic heterocycles. The molecule has 7 nitrogen and oxygen atoms in total. The number of amidine groups is 2. The molecular formula is C23H21BrN4O3S. The van der Waals surface area contributed by atoms with Crippen molar-refractivity contribution in [3.8, 4) is 11.5 Å². The minimum Gasteiger partial charge on any atom is -0.493 e. The third kappa shape index (κ3) is 4.78. The largest absolute Gasteiger partial charge is 0.493 e. The summed E-state index contributed by atoms with van der Waals surface area (Å²) in [6.07, 6.45) is 3.36. The van der Waals surface area contributed by atoms with Crippen LogP contribution in [0.15, 0.2) is 62.6 Å². The van der Waals surface area contributed by atoms with Crippen molar-refractivity contribution in [1.82, 2.24) is 5.01 Å². The van der Waals surface area contributed by atoms with E-state index in [4.69, 9.17) is 14.9 Å². The zero-order valence-corrected chi connectivity index (χ0v) is 20.0. The van der Waals surface area contributed by atoms with Crippen LogP contribution in [0.3, 0.4) is 0 Å². The van der Waals surface area contributed by atoms with Gasteiger partial charge in [-0.05, 0) is 66.1 Å². The van der Waals surface area contributed by atoms with Crippen molar-refractivity contribution in [3.63, 3.8) is 0 Å². The number of hydrogen-bond donors (Lipinski definition) is 1. The quantitative estimate of drug-likeness (QED) is 0.497. The first-order chi connectivity index (χ1) is 15.5. The number of amides is 1. The van der Waals surface area contributed by atoms with E-state index in [0.717, 1.165) is 27.9 Å². The second-order valence-electron chi connectivity index (χ2n) is 7.09. The lowest BCUT2D eigenvalue weighted by atomic mass is 10.1. The van der Waals surface area contributed by atoms with E-state index in [1.54, 1.807) is 25.3 Å². The van der Waals surface area contributed by atoms with Gasteiger partial charge in [0.1, 0.15) is 11.7 Å². The number of benzene rings is 2. The number of carbonyl (C=O) groups is 1. The van der Waals surface area contributed by atoms with E-state index >= 15 is 0 Å². The molecule has 0 radical (unpaired) electrons. The molecule has 2 aromatic rings. The van der Waals surface area contributed by atoms with E-state index in [2.05, 4.69) is 32.9 Å². The Labute approximate surface area is 198 Å². The summed E-state index contributed by atoms with van der Waals surface area (Å²) in [5.74, 6) is 0.701. The number of aliphatic imine (C=N–C) groups is 1. The Morgan fingerprint density at radius 1 is 1.19 bits per heavy atom. The normalized spacial score (nSPS) is 16.7. The van der Waals surface area contributed by atoms with Crippen LogP contribution in [0, 0.1) is 5.41 Å². The monoisotopic (exact) mass is 512 g/mol. The van der Waals surface area contributed by atoms with Crippen molar-refractivity contribution in [3.05, 3.63) is 63.6 Å². The Morgan fingerprint density at radius 2 is 1.97 bits per heavy atom. The molecule has 2 aromatic carbocycles. The molecule has 0 atom stereocenters. The number of methoxy groups -OCH3 is 1. The molecule has 0 aliphatic carbocycles. The summed E-state index contributed by atoms with van der Waals surface area (Å²) in [4.78, 5) is 16.7. The molecule has 164 valence electrons. The summed E-state index contributed by atoms with van der Waals surface area (Å²) in [5.41, 5.74) is 1.92. The zero-order chi connectivity index (χ0) is 22.7. The van der Waals surface area contributed by atoms with E-state index < -0.39 is 5.91 Å². The Kier molecular flexibility index (Phi) is 6.76. The van der Waals surface area contributed by atoms with E-state index in [0.29, 0.717) is 28.8 Å². The highest BCUT2D eigenvalue weighted by molar-refractivity contribution is 9.10. The fourth-order valence-corrected chi connectivity index (χ4v) is 4.40. The van der Waals surface area contributed by atoms with Crippen LogP contribution >= 0.6 is 27.7 Å². The molecule has 0 unspecified atom stereocenters. The average Bonchev–Trinajstić information content (AvgIpc) is 3.19. The lowest BCUT2D eigenvalue weighted by molar-refractivity contribution is -0.114. The topological polar surface area (TPSA) is 87.3 Å². The Bertz CT molecular complexity index is 1160. The van der Waals surface area contributed by atoms with Crippen molar-refractivity contribution in [2.75, 3.05) is 7.11 Å². The van der Waals surface area contributed by atoms with E-state index in [1.807, 2.05) is 30.3 Å². The number of hydrogen-bond acceptors (Lipinski definition) is 6. The summed E-state index contributed by atoms with van der Waals surface area (Å²) in [5, 5.41) is 15.6. The van der Waals surface area contributed by atoms with Crippen LogP contribution < -0.4 is 9.47 Å². The maximum atomic E-state index is 12.6. The number of rotatable bonds is 7. The van der Waals surface area contributed by atoms with Gasteiger partial charge in [0.05, 0.1) is 12.7 Å². The standard InChI is InChI=1S/C23H21BrN4O3S/c1-3-4-20-27-28-21(25)17(22(29)26-23(28)32-20)11-15-7-10-18(19(12-15)30-2)31-13-14-5-8-16(24)9-6-14/h5-12,25H,3-4,13H2,1-2H3. The molecule has 0 spiro atoms. The van der Waals surface area contributed by atoms with Crippen LogP contribution in [-0.4, -0.2) is 34.1 Å². The zero-order valence-electron chi connectivity index (χ0n) is 17.6. The summed E-state index contributed by atoms with van der Waals surface area (Å²) >= 11 is 4.77. The number of thioether (sulfide) groups is 1. The van der Waals surface area contributed by atoms with Gasteiger partial charge in [0.15, 0.2) is 17.3 Å². The molecule has 2 aliphatic heterocycles. The highest BCUT2D eigenvalue weighted by Gasteiger charge is 2.35. The minimum absolute atomic E-state index is 0.0214. The second-order valence-corrected chi connectivity index (χ2v) is 9.05. The predicted octanol–water partition coefficient (Wildman–Crippen LogP) is 5.46. The van der Waals surface area contributed by atoms with Gasteiger partial charge in [0.2, 0.25) is 5.17 Å². The van der Waals surface area contributed by atoms with Gasteiger partial charge >= 0.3 is 0 Å². The predicted molar refractivity (Wildman–Crippen MR) is 131 cm³/mol. The molecule has 32 heavy (non-hydrogen) atoms. The minimum atomic E-state index is -0.448. The highest BCUT2D eigenvalue weighted by Crippen LogP contribution is 2.32. The first-order valence-electron chi connectivity index (χ1n) is 10.0. The summed E-state index contributed by atoms with van der Waals surface area (Å²) in [6, 6.07) is 13.3. The number of nitrogens with zero attached hydrogens (tertiary/aromatic N) is 3. The highest BCUT2D eigenvalue weighted by atomic mass is 79.9. The van der Waals surface area contributed by atoms with Crippen molar-refractivity contribution < 1.29 is 14.3 Å². The molecule has 2 aliphatic rings. The molecule has 0 saturated carbocycles. The first kappa shape index (κ1) is 22.3. The van der Waals surface area contributed by atoms with Crippen molar-refractivity contribution in [2.45, 2.75) is 26.4 Å². The van der Waals surface area contributed by atoms with Crippen LogP contribution in [0.25, 0.3) is 6.08 Å². The molecule has 1 amide bonds. The number of nitrogens with one attached hydrogen (secondary N) is 1. The summed E-state index contributed by atoms with van der Waals surface area (Å²) < 4.78 is 12.4. The van der Waals surface area contributed by atoms with Crippen LogP contribution in [-0.2, 0) is 11.4 Å². The van der Waals surface area contributed by atoms with Gasteiger partial charge in [-0.3, -0.25) is 10.2 Å². The number of fused-ring (bicyclic) bond motifs is 1. The number of halogens is 1. The molecule has 4 rings (SSSR count). The lowest BCUT2D eigenvalue weighted by Gasteiger charge is -2.20. The Morgan fingerprint density at radius 3 is 2.69 bits per heavy atom. The van der Waals surface area contributed by atoms with E-state index in [9.17, 15) is 4.79 Å². The number of ether oxygens (including phenoxy) is 2.